The van der Waals surface area contributed by atoms with Gasteiger partial charge in [0.05, 0.1) is 0 Å². The fourth-order valence-corrected chi connectivity index (χ4v) is 3.52. The molecule has 3 rings (SSSR count). The zero-order chi connectivity index (χ0) is 12.7. The van der Waals surface area contributed by atoms with Crippen molar-refractivity contribution in [1.29, 1.82) is 0 Å². The molecular weight excluding hydrogens is 220 g/mol. The molecule has 2 nitrogen and oxygen atoms in total. The molecule has 0 aliphatic carbocycles. The van der Waals surface area contributed by atoms with Crippen molar-refractivity contribution in [1.82, 2.24) is 4.90 Å². The normalized spacial score (nSPS) is 28.1. The number of likely N-dealkylation sites (tertiary alicyclic amines) is 1. The molecule has 0 amide bonds. The first-order valence-electron chi connectivity index (χ1n) is 7.17. The summed E-state index contributed by atoms with van der Waals surface area (Å²) in [7, 11) is 2.25. The van der Waals surface area contributed by atoms with Gasteiger partial charge in [0.25, 0.3) is 0 Å². The molecule has 2 heteroatoms. The van der Waals surface area contributed by atoms with Crippen LogP contribution in [0.3, 0.4) is 0 Å². The second-order valence-corrected chi connectivity index (χ2v) is 6.40. The number of hydrogen-bond donors (Lipinski definition) is 0. The van der Waals surface area contributed by atoms with Crippen molar-refractivity contribution in [2.45, 2.75) is 19.8 Å². The van der Waals surface area contributed by atoms with Crippen LogP contribution in [0.25, 0.3) is 0 Å². The Morgan fingerprint density at radius 3 is 2.33 bits per heavy atom. The van der Waals surface area contributed by atoms with Crippen molar-refractivity contribution in [2.24, 2.45) is 11.8 Å². The molecule has 0 aromatic heterocycles. The van der Waals surface area contributed by atoms with Gasteiger partial charge in [0.1, 0.15) is 0 Å². The fraction of sp³-hybridized carbons (Fsp3) is 0.625. The van der Waals surface area contributed by atoms with E-state index in [0.29, 0.717) is 5.92 Å². The van der Waals surface area contributed by atoms with Crippen LogP contribution < -0.4 is 4.90 Å². The lowest BCUT2D eigenvalue weighted by molar-refractivity contribution is 0.387. The Labute approximate surface area is 111 Å². The average Bonchev–Trinajstić information content (AvgIpc) is 2.86. The summed E-state index contributed by atoms with van der Waals surface area (Å²) in [5, 5.41) is 0. The smallest absolute Gasteiger partial charge is 0.0369 e. The van der Waals surface area contributed by atoms with Gasteiger partial charge in [-0.15, -0.1) is 0 Å². The van der Waals surface area contributed by atoms with Gasteiger partial charge >= 0.3 is 0 Å². The summed E-state index contributed by atoms with van der Waals surface area (Å²) >= 11 is 0. The first kappa shape index (κ1) is 12.0. The number of rotatable bonds is 2. The largest absolute Gasteiger partial charge is 0.371 e. The fourth-order valence-electron chi connectivity index (χ4n) is 3.52. The van der Waals surface area contributed by atoms with Crippen LogP contribution >= 0.6 is 0 Å². The van der Waals surface area contributed by atoms with E-state index < -0.39 is 0 Å². The van der Waals surface area contributed by atoms with Crippen molar-refractivity contribution in [3.8, 4) is 0 Å². The van der Waals surface area contributed by atoms with Gasteiger partial charge in [0, 0.05) is 31.9 Å². The predicted octanol–water partition coefficient (Wildman–Crippen LogP) is 2.81. The molecule has 2 heterocycles. The van der Waals surface area contributed by atoms with Crippen LogP contribution in [-0.2, 0) is 0 Å². The second-order valence-electron chi connectivity index (χ2n) is 6.40. The molecule has 2 aliphatic rings. The highest BCUT2D eigenvalue weighted by molar-refractivity contribution is 5.50. The van der Waals surface area contributed by atoms with E-state index >= 15 is 0 Å². The van der Waals surface area contributed by atoms with E-state index in [0.717, 1.165) is 11.8 Å². The van der Waals surface area contributed by atoms with Crippen molar-refractivity contribution >= 4 is 5.69 Å². The lowest BCUT2D eigenvalue weighted by Gasteiger charge is -2.22. The second kappa shape index (κ2) is 4.58. The molecule has 2 atom stereocenters. The van der Waals surface area contributed by atoms with Crippen LogP contribution in [0.15, 0.2) is 24.3 Å². The van der Waals surface area contributed by atoms with E-state index in [1.54, 1.807) is 0 Å². The maximum atomic E-state index is 2.59. The van der Waals surface area contributed by atoms with E-state index in [9.17, 15) is 0 Å². The van der Waals surface area contributed by atoms with E-state index in [-0.39, 0.29) is 0 Å². The summed E-state index contributed by atoms with van der Waals surface area (Å²) in [5.74, 6) is 2.40. The number of nitrogens with zero attached hydrogens (tertiary/aromatic N) is 2. The molecule has 2 saturated heterocycles. The summed E-state index contributed by atoms with van der Waals surface area (Å²) in [6.45, 7) is 9.60. The lowest BCUT2D eigenvalue weighted by Crippen LogP contribution is -2.26. The van der Waals surface area contributed by atoms with Crippen molar-refractivity contribution in [2.75, 3.05) is 38.1 Å². The zero-order valence-electron chi connectivity index (χ0n) is 11.8. The number of anilines is 1. The van der Waals surface area contributed by atoms with Gasteiger partial charge < -0.3 is 9.80 Å². The third kappa shape index (κ3) is 2.14. The van der Waals surface area contributed by atoms with Gasteiger partial charge in [-0.1, -0.05) is 26.0 Å². The van der Waals surface area contributed by atoms with Crippen LogP contribution in [0.5, 0.6) is 0 Å². The van der Waals surface area contributed by atoms with Crippen molar-refractivity contribution in [3.05, 3.63) is 29.8 Å². The Balaban J connectivity index is 1.75. The molecule has 0 saturated carbocycles. The maximum absolute atomic E-state index is 2.59. The van der Waals surface area contributed by atoms with Gasteiger partial charge in [-0.2, -0.15) is 0 Å². The van der Waals surface area contributed by atoms with E-state index in [1.807, 2.05) is 0 Å². The number of benzene rings is 1. The molecule has 2 unspecified atom stereocenters. The van der Waals surface area contributed by atoms with E-state index in [1.165, 1.54) is 37.4 Å². The van der Waals surface area contributed by atoms with Crippen molar-refractivity contribution < 1.29 is 0 Å². The van der Waals surface area contributed by atoms with Crippen LogP contribution in [0.2, 0.25) is 0 Å². The third-order valence-corrected chi connectivity index (χ3v) is 4.57. The molecule has 1 aromatic rings. The minimum Gasteiger partial charge on any atom is -0.371 e. The molecule has 2 aliphatic heterocycles. The number of fused-ring (bicyclic) bond motifs is 1. The molecule has 98 valence electrons. The first-order valence-corrected chi connectivity index (χ1v) is 7.17. The van der Waals surface area contributed by atoms with Gasteiger partial charge in [0.2, 0.25) is 0 Å². The molecule has 1 aromatic carbocycles. The van der Waals surface area contributed by atoms with Crippen LogP contribution in [-0.4, -0.2) is 38.1 Å². The molecular formula is C16H24N2. The van der Waals surface area contributed by atoms with Gasteiger partial charge in [-0.3, -0.25) is 0 Å². The third-order valence-electron chi connectivity index (χ3n) is 4.57. The summed E-state index contributed by atoms with van der Waals surface area (Å²) < 4.78 is 0. The summed E-state index contributed by atoms with van der Waals surface area (Å²) in [6.07, 6.45) is 0. The number of hydrogen-bond acceptors (Lipinski definition) is 2. The minimum absolute atomic E-state index is 0.623. The molecule has 0 radical (unpaired) electrons. The monoisotopic (exact) mass is 244 g/mol. The van der Waals surface area contributed by atoms with Gasteiger partial charge in [-0.25, -0.2) is 0 Å². The minimum atomic E-state index is 0.623. The SMILES string of the molecule is CC(C)c1cccc(N2CC3CN(C)CC3C2)c1. The quantitative estimate of drug-likeness (QED) is 0.789. The highest BCUT2D eigenvalue weighted by atomic mass is 15.2. The molecule has 18 heavy (non-hydrogen) atoms. The molecule has 0 spiro atoms. The van der Waals surface area contributed by atoms with E-state index in [2.05, 4.69) is 55.0 Å². The van der Waals surface area contributed by atoms with Crippen LogP contribution in [0, 0.1) is 11.8 Å². The summed E-state index contributed by atoms with van der Waals surface area (Å²) in [5.41, 5.74) is 2.89. The summed E-state index contributed by atoms with van der Waals surface area (Å²) in [4.78, 5) is 5.07. The lowest BCUT2D eigenvalue weighted by atomic mass is 10.0. The van der Waals surface area contributed by atoms with Crippen LogP contribution in [0.1, 0.15) is 25.3 Å². The average molecular weight is 244 g/mol. The van der Waals surface area contributed by atoms with Gasteiger partial charge in [-0.05, 0) is 42.5 Å². The Hall–Kier alpha value is -1.02. The highest BCUT2D eigenvalue weighted by Gasteiger charge is 2.38. The standard InChI is InChI=1S/C16H24N2/c1-12(2)13-5-4-6-16(7-13)18-10-14-8-17(3)9-15(14)11-18/h4-7,12,14-15H,8-11H2,1-3H3. The Bertz CT molecular complexity index is 413. The maximum Gasteiger partial charge on any atom is 0.0369 e. The highest BCUT2D eigenvalue weighted by Crippen LogP contribution is 2.34. The zero-order valence-corrected chi connectivity index (χ0v) is 11.8. The van der Waals surface area contributed by atoms with E-state index in [4.69, 9.17) is 0 Å². The summed E-state index contributed by atoms with van der Waals surface area (Å²) in [6, 6.07) is 9.12. The predicted molar refractivity (Wildman–Crippen MR) is 77.2 cm³/mol. The Morgan fingerprint density at radius 1 is 1.06 bits per heavy atom. The van der Waals surface area contributed by atoms with Crippen LogP contribution in [0.4, 0.5) is 5.69 Å². The van der Waals surface area contributed by atoms with Gasteiger partial charge in [0.15, 0.2) is 0 Å². The molecule has 0 N–H and O–H groups in total. The molecule has 2 fully saturated rings. The topological polar surface area (TPSA) is 6.48 Å². The Morgan fingerprint density at radius 2 is 1.72 bits per heavy atom. The first-order chi connectivity index (χ1) is 8.63. The Kier molecular flexibility index (Phi) is 3.06. The molecule has 0 bridgehead atoms. The van der Waals surface area contributed by atoms with Crippen molar-refractivity contribution in [3.63, 3.8) is 0 Å².